The van der Waals surface area contributed by atoms with Crippen molar-refractivity contribution in [1.29, 1.82) is 0 Å². The molecule has 0 amide bonds. The van der Waals surface area contributed by atoms with E-state index in [1.165, 1.54) is 11.3 Å². The Morgan fingerprint density at radius 2 is 2.04 bits per heavy atom. The molecule has 0 N–H and O–H groups in total. The minimum absolute atomic E-state index is 0.284. The van der Waals surface area contributed by atoms with E-state index in [0.717, 1.165) is 16.2 Å². The third-order valence-corrected chi connectivity index (χ3v) is 4.45. The Balaban J connectivity index is 1.89. The quantitative estimate of drug-likeness (QED) is 0.544. The van der Waals surface area contributed by atoms with Gasteiger partial charge in [0.1, 0.15) is 0 Å². The van der Waals surface area contributed by atoms with Crippen LogP contribution in [0.3, 0.4) is 0 Å². The lowest BCUT2D eigenvalue weighted by atomic mass is 10.2. The number of aliphatic imine (C=N–C) groups is 1. The van der Waals surface area contributed by atoms with E-state index in [0.29, 0.717) is 11.6 Å². The molecule has 0 bridgehead atoms. The molecule has 0 atom stereocenters. The number of nitrogens with zero attached hydrogens (tertiary/aromatic N) is 4. The summed E-state index contributed by atoms with van der Waals surface area (Å²) in [6.45, 7) is 0. The van der Waals surface area contributed by atoms with Crippen LogP contribution in [-0.4, -0.2) is 40.2 Å². The maximum Gasteiger partial charge on any atom is 0.366 e. The Labute approximate surface area is 142 Å². The number of hydrogen-bond acceptors (Lipinski definition) is 6. The lowest BCUT2D eigenvalue weighted by Gasteiger charge is -2.16. The van der Waals surface area contributed by atoms with Crippen molar-refractivity contribution in [3.05, 3.63) is 65.1 Å². The van der Waals surface area contributed by atoms with Crippen molar-refractivity contribution in [2.45, 2.75) is 0 Å². The van der Waals surface area contributed by atoms with Crippen LogP contribution in [-0.2, 0) is 9.53 Å². The summed E-state index contributed by atoms with van der Waals surface area (Å²) in [6.07, 6.45) is 3.67. The zero-order valence-corrected chi connectivity index (χ0v) is 13.9. The Bertz CT molecular complexity index is 982. The summed E-state index contributed by atoms with van der Waals surface area (Å²) in [6, 6.07) is 9.39. The molecule has 0 saturated carbocycles. The van der Waals surface area contributed by atoms with Crippen molar-refractivity contribution >= 4 is 33.9 Å². The maximum absolute atomic E-state index is 12.4. The molecular weight excluding hydrogens is 324 g/mol. The van der Waals surface area contributed by atoms with Crippen LogP contribution in [0.25, 0.3) is 10.7 Å². The summed E-state index contributed by atoms with van der Waals surface area (Å²) in [7, 11) is 3.74. The van der Waals surface area contributed by atoms with Crippen LogP contribution in [0.4, 0.5) is 0 Å². The molecule has 0 radical (unpaired) electrons. The number of carbonyl (C=O) groups excluding carboxylic acids is 1. The minimum atomic E-state index is -0.456. The smallest absolute Gasteiger partial charge is 0.366 e. The molecular formula is C17H14N4O2S. The first-order valence-electron chi connectivity index (χ1n) is 7.34. The summed E-state index contributed by atoms with van der Waals surface area (Å²) in [5.41, 5.74) is 2.54. The second kappa shape index (κ2) is 5.61. The second-order valence-corrected chi connectivity index (χ2v) is 6.34. The Morgan fingerprint density at radius 1 is 1.25 bits per heavy atom. The highest BCUT2D eigenvalue weighted by Gasteiger charge is 2.30. The zero-order chi connectivity index (χ0) is 16.7. The number of ether oxygens (including phenoxy) is 1. The number of imidazole rings is 1. The molecule has 3 aromatic rings. The van der Waals surface area contributed by atoms with Gasteiger partial charge < -0.3 is 9.64 Å². The molecule has 1 aromatic carbocycles. The number of benzene rings is 1. The molecule has 24 heavy (non-hydrogen) atoms. The molecule has 6 nitrogen and oxygen atoms in total. The lowest BCUT2D eigenvalue weighted by molar-refractivity contribution is -0.130. The van der Waals surface area contributed by atoms with Crippen LogP contribution < -0.4 is 0 Å². The molecule has 0 aliphatic carbocycles. The summed E-state index contributed by atoms with van der Waals surface area (Å²) in [4.78, 5) is 24.0. The molecule has 0 unspecified atom stereocenters. The van der Waals surface area contributed by atoms with Crippen molar-refractivity contribution in [2.24, 2.45) is 4.99 Å². The van der Waals surface area contributed by atoms with Gasteiger partial charge in [0.15, 0.2) is 10.7 Å². The minimum Gasteiger partial charge on any atom is -0.402 e. The van der Waals surface area contributed by atoms with Gasteiger partial charge in [0.05, 0.1) is 17.6 Å². The topological polar surface area (TPSA) is 59.2 Å². The summed E-state index contributed by atoms with van der Waals surface area (Å²) in [5.74, 6) is -0.135. The molecule has 120 valence electrons. The second-order valence-electron chi connectivity index (χ2n) is 5.46. The highest BCUT2D eigenvalue weighted by Crippen LogP contribution is 2.28. The van der Waals surface area contributed by atoms with Crippen molar-refractivity contribution in [2.75, 3.05) is 14.1 Å². The monoisotopic (exact) mass is 338 g/mol. The molecule has 2 aromatic heterocycles. The van der Waals surface area contributed by atoms with Gasteiger partial charge >= 0.3 is 5.97 Å². The van der Waals surface area contributed by atoms with Crippen LogP contribution in [0.5, 0.6) is 0 Å². The first-order valence-corrected chi connectivity index (χ1v) is 8.22. The standard InChI is InChI=1S/C17H14N4O2S/c1-20(2)14(12-10-18-17-21(12)8-9-24-17)13-16(22)23-15(19-13)11-6-4-3-5-7-11/h3-10H,1-2H3/b14-13-. The predicted molar refractivity (Wildman–Crippen MR) is 92.7 cm³/mol. The number of carbonyl (C=O) groups is 1. The van der Waals surface area contributed by atoms with E-state index in [4.69, 9.17) is 4.74 Å². The summed E-state index contributed by atoms with van der Waals surface area (Å²) >= 11 is 1.54. The molecule has 0 fully saturated rings. The fourth-order valence-electron chi connectivity index (χ4n) is 2.62. The van der Waals surface area contributed by atoms with Crippen molar-refractivity contribution in [3.63, 3.8) is 0 Å². The van der Waals surface area contributed by atoms with Gasteiger partial charge in [0.2, 0.25) is 5.90 Å². The van der Waals surface area contributed by atoms with Crippen molar-refractivity contribution in [1.82, 2.24) is 14.3 Å². The SMILES string of the molecule is CN(C)/C(=C1\N=C(c2ccccc2)OC1=O)c1cnc2sccn12. The summed E-state index contributed by atoms with van der Waals surface area (Å²) in [5, 5.41) is 1.95. The van der Waals surface area contributed by atoms with Crippen molar-refractivity contribution in [3.8, 4) is 0 Å². The van der Waals surface area contributed by atoms with Gasteiger partial charge in [0, 0.05) is 31.2 Å². The van der Waals surface area contributed by atoms with Crippen LogP contribution >= 0.6 is 11.3 Å². The van der Waals surface area contributed by atoms with Gasteiger partial charge in [-0.3, -0.25) is 4.40 Å². The molecule has 0 saturated heterocycles. The fraction of sp³-hybridized carbons (Fsp3) is 0.118. The summed E-state index contributed by atoms with van der Waals surface area (Å²) < 4.78 is 7.32. The predicted octanol–water partition coefficient (Wildman–Crippen LogP) is 2.63. The Morgan fingerprint density at radius 3 is 2.79 bits per heavy atom. The largest absolute Gasteiger partial charge is 0.402 e. The normalized spacial score (nSPS) is 16.2. The van der Waals surface area contributed by atoms with Crippen LogP contribution in [0.2, 0.25) is 0 Å². The van der Waals surface area contributed by atoms with Gasteiger partial charge in [-0.2, -0.15) is 0 Å². The zero-order valence-electron chi connectivity index (χ0n) is 13.1. The molecule has 1 aliphatic heterocycles. The number of fused-ring (bicyclic) bond motifs is 1. The first kappa shape index (κ1) is 14.6. The van der Waals surface area contributed by atoms with E-state index < -0.39 is 5.97 Å². The first-order chi connectivity index (χ1) is 11.6. The third kappa shape index (κ3) is 2.30. The maximum atomic E-state index is 12.4. The van der Waals surface area contributed by atoms with E-state index >= 15 is 0 Å². The van der Waals surface area contributed by atoms with Gasteiger partial charge in [-0.05, 0) is 12.1 Å². The van der Waals surface area contributed by atoms with Gasteiger partial charge in [-0.1, -0.05) is 18.2 Å². The Kier molecular flexibility index (Phi) is 3.42. The van der Waals surface area contributed by atoms with Gasteiger partial charge in [-0.15, -0.1) is 11.3 Å². The highest BCUT2D eigenvalue weighted by molar-refractivity contribution is 7.15. The average molecular weight is 338 g/mol. The number of hydrogen-bond donors (Lipinski definition) is 0. The number of cyclic esters (lactones) is 1. The molecule has 0 spiro atoms. The van der Waals surface area contributed by atoms with E-state index in [9.17, 15) is 4.79 Å². The number of rotatable bonds is 3. The third-order valence-electron chi connectivity index (χ3n) is 3.68. The number of thiazole rings is 1. The number of esters is 1. The van der Waals surface area contributed by atoms with E-state index in [1.807, 2.05) is 65.3 Å². The molecule has 7 heteroatoms. The van der Waals surface area contributed by atoms with Crippen LogP contribution in [0.15, 0.2) is 58.8 Å². The number of aromatic nitrogens is 2. The fourth-order valence-corrected chi connectivity index (χ4v) is 3.32. The molecule has 3 heterocycles. The average Bonchev–Trinajstić information content (AvgIpc) is 3.26. The van der Waals surface area contributed by atoms with E-state index in [2.05, 4.69) is 9.98 Å². The highest BCUT2D eigenvalue weighted by atomic mass is 32.1. The Hall–Kier alpha value is -2.93. The van der Waals surface area contributed by atoms with E-state index in [1.54, 1.807) is 6.20 Å². The van der Waals surface area contributed by atoms with Crippen LogP contribution in [0.1, 0.15) is 11.3 Å². The van der Waals surface area contributed by atoms with Crippen LogP contribution in [0, 0.1) is 0 Å². The molecule has 4 rings (SSSR count). The van der Waals surface area contributed by atoms with E-state index in [-0.39, 0.29) is 5.70 Å². The van der Waals surface area contributed by atoms with Gasteiger partial charge in [-0.25, -0.2) is 14.8 Å². The molecule has 1 aliphatic rings. The van der Waals surface area contributed by atoms with Gasteiger partial charge in [0.25, 0.3) is 0 Å². The van der Waals surface area contributed by atoms with Crippen molar-refractivity contribution < 1.29 is 9.53 Å². The lowest BCUT2D eigenvalue weighted by Crippen LogP contribution is -2.16.